The molecular weight excluding hydrogens is 335 g/mol. The standard InChI is InChI=1S/C13H14F2IN/c1-2-13(14,15)11-7-5-10(6-8-11)12-4-3-9-17(12)16/h2,5-8,12H,1,3-4,9H2. The molecule has 17 heavy (non-hydrogen) atoms. The molecule has 1 heterocycles. The van der Waals surface area contributed by atoms with E-state index in [-0.39, 0.29) is 5.56 Å². The molecule has 0 amide bonds. The van der Waals surface area contributed by atoms with Crippen molar-refractivity contribution in [2.75, 3.05) is 6.54 Å². The van der Waals surface area contributed by atoms with Gasteiger partial charge in [0.05, 0.1) is 0 Å². The lowest BCUT2D eigenvalue weighted by Gasteiger charge is -2.19. The number of nitrogens with zero attached hydrogens (tertiary/aromatic N) is 1. The molecule has 0 aliphatic carbocycles. The minimum absolute atomic E-state index is 0.00857. The smallest absolute Gasteiger partial charge is 0.240 e. The summed E-state index contributed by atoms with van der Waals surface area (Å²) in [6.07, 6.45) is 2.94. The third kappa shape index (κ3) is 2.68. The second-order valence-electron chi connectivity index (χ2n) is 4.23. The SMILES string of the molecule is C=CC(F)(F)c1ccc(C2CCCN2I)cc1. The Hall–Kier alpha value is -0.490. The van der Waals surface area contributed by atoms with Crippen LogP contribution in [0.1, 0.15) is 30.0 Å². The van der Waals surface area contributed by atoms with Gasteiger partial charge in [-0.05, 0) is 24.5 Å². The van der Waals surface area contributed by atoms with Crippen molar-refractivity contribution >= 4 is 22.9 Å². The Morgan fingerprint density at radius 1 is 1.35 bits per heavy atom. The highest BCUT2D eigenvalue weighted by Crippen LogP contribution is 2.36. The maximum Gasteiger partial charge on any atom is 0.291 e. The fourth-order valence-electron chi connectivity index (χ4n) is 2.11. The van der Waals surface area contributed by atoms with Crippen molar-refractivity contribution in [2.24, 2.45) is 0 Å². The zero-order chi connectivity index (χ0) is 12.5. The quantitative estimate of drug-likeness (QED) is 0.443. The van der Waals surface area contributed by atoms with Crippen molar-refractivity contribution in [2.45, 2.75) is 24.8 Å². The van der Waals surface area contributed by atoms with Crippen LogP contribution < -0.4 is 0 Å². The molecule has 1 aliphatic heterocycles. The van der Waals surface area contributed by atoms with Crippen molar-refractivity contribution < 1.29 is 8.78 Å². The van der Waals surface area contributed by atoms with Gasteiger partial charge in [-0.3, -0.25) is 0 Å². The van der Waals surface area contributed by atoms with Crippen LogP contribution in [-0.4, -0.2) is 9.66 Å². The molecule has 1 aliphatic rings. The van der Waals surface area contributed by atoms with Crippen LogP contribution in [0.5, 0.6) is 0 Å². The molecule has 0 aromatic heterocycles. The molecule has 0 bridgehead atoms. The third-order valence-corrected chi connectivity index (χ3v) is 4.28. The topological polar surface area (TPSA) is 3.24 Å². The van der Waals surface area contributed by atoms with E-state index in [9.17, 15) is 8.78 Å². The number of hydrogen-bond donors (Lipinski definition) is 0. The van der Waals surface area contributed by atoms with Gasteiger partial charge in [0.2, 0.25) is 0 Å². The molecule has 0 N–H and O–H groups in total. The molecule has 0 saturated carbocycles. The highest BCUT2D eigenvalue weighted by atomic mass is 127. The van der Waals surface area contributed by atoms with Gasteiger partial charge >= 0.3 is 0 Å². The first-order valence-electron chi connectivity index (χ1n) is 5.59. The summed E-state index contributed by atoms with van der Waals surface area (Å²) < 4.78 is 28.9. The molecule has 1 atom stereocenters. The fourth-order valence-corrected chi connectivity index (χ4v) is 3.05. The van der Waals surface area contributed by atoms with Crippen molar-refractivity contribution in [3.63, 3.8) is 0 Å². The lowest BCUT2D eigenvalue weighted by molar-refractivity contribution is 0.0525. The average Bonchev–Trinajstić information content (AvgIpc) is 2.76. The van der Waals surface area contributed by atoms with E-state index in [1.807, 2.05) is 0 Å². The van der Waals surface area contributed by atoms with E-state index < -0.39 is 5.92 Å². The maximum atomic E-state index is 13.3. The van der Waals surface area contributed by atoms with E-state index in [1.54, 1.807) is 12.1 Å². The largest absolute Gasteiger partial charge is 0.291 e. The number of rotatable bonds is 3. The summed E-state index contributed by atoms with van der Waals surface area (Å²) in [5, 5.41) is 0. The Bertz CT molecular complexity index is 402. The summed E-state index contributed by atoms with van der Waals surface area (Å²) in [5.41, 5.74) is 1.12. The van der Waals surface area contributed by atoms with Gasteiger partial charge in [0, 0.05) is 41.0 Å². The monoisotopic (exact) mass is 349 g/mol. The van der Waals surface area contributed by atoms with Crippen molar-refractivity contribution in [3.8, 4) is 0 Å². The summed E-state index contributed by atoms with van der Waals surface area (Å²) in [5.74, 6) is -2.93. The second kappa shape index (κ2) is 5.02. The molecule has 0 radical (unpaired) electrons. The lowest BCUT2D eigenvalue weighted by Crippen LogP contribution is -2.12. The summed E-state index contributed by atoms with van der Waals surface area (Å²) in [4.78, 5) is 0. The molecule has 1 fully saturated rings. The van der Waals surface area contributed by atoms with Gasteiger partial charge in [-0.15, -0.1) is 0 Å². The maximum absolute atomic E-state index is 13.3. The second-order valence-corrected chi connectivity index (χ2v) is 5.47. The van der Waals surface area contributed by atoms with Crippen LogP contribution in [0.3, 0.4) is 0 Å². The predicted molar refractivity (Wildman–Crippen MR) is 73.2 cm³/mol. The van der Waals surface area contributed by atoms with E-state index in [2.05, 4.69) is 32.6 Å². The molecule has 1 nitrogen and oxygen atoms in total. The Morgan fingerprint density at radius 2 is 2.00 bits per heavy atom. The van der Waals surface area contributed by atoms with E-state index in [4.69, 9.17) is 0 Å². The number of benzene rings is 1. The normalized spacial score (nSPS) is 21.7. The highest BCUT2D eigenvalue weighted by Gasteiger charge is 2.28. The summed E-state index contributed by atoms with van der Waals surface area (Å²) in [6.45, 7) is 4.23. The van der Waals surface area contributed by atoms with Crippen molar-refractivity contribution in [1.29, 1.82) is 0 Å². The van der Waals surface area contributed by atoms with E-state index in [0.29, 0.717) is 12.1 Å². The molecule has 0 spiro atoms. The van der Waals surface area contributed by atoms with E-state index in [0.717, 1.165) is 24.9 Å². The number of alkyl halides is 2. The Balaban J connectivity index is 2.21. The van der Waals surface area contributed by atoms with Crippen LogP contribution in [0.2, 0.25) is 0 Å². The number of allylic oxidation sites excluding steroid dienone is 1. The minimum Gasteiger partial charge on any atom is -0.240 e. The minimum atomic E-state index is -2.93. The first-order chi connectivity index (χ1) is 8.04. The summed E-state index contributed by atoms with van der Waals surface area (Å²) >= 11 is 2.30. The third-order valence-electron chi connectivity index (χ3n) is 3.12. The van der Waals surface area contributed by atoms with Crippen LogP contribution in [0.25, 0.3) is 0 Å². The van der Waals surface area contributed by atoms with Gasteiger partial charge in [0.1, 0.15) is 0 Å². The molecule has 1 saturated heterocycles. The Kier molecular flexibility index (Phi) is 3.82. The summed E-state index contributed by atoms with van der Waals surface area (Å²) in [6, 6.07) is 6.96. The van der Waals surface area contributed by atoms with Gasteiger partial charge in [0.25, 0.3) is 5.92 Å². The zero-order valence-electron chi connectivity index (χ0n) is 9.37. The van der Waals surface area contributed by atoms with Gasteiger partial charge in [-0.25, -0.2) is 3.11 Å². The fraction of sp³-hybridized carbons (Fsp3) is 0.385. The van der Waals surface area contributed by atoms with Crippen LogP contribution in [-0.2, 0) is 5.92 Å². The van der Waals surface area contributed by atoms with Crippen LogP contribution in [0.4, 0.5) is 8.78 Å². The molecular formula is C13H14F2IN. The van der Waals surface area contributed by atoms with Crippen molar-refractivity contribution in [3.05, 3.63) is 48.0 Å². The van der Waals surface area contributed by atoms with E-state index >= 15 is 0 Å². The van der Waals surface area contributed by atoms with E-state index in [1.165, 1.54) is 12.1 Å². The molecule has 92 valence electrons. The Labute approximate surface area is 114 Å². The van der Waals surface area contributed by atoms with Crippen molar-refractivity contribution in [1.82, 2.24) is 3.11 Å². The first kappa shape index (κ1) is 13.0. The van der Waals surface area contributed by atoms with Gasteiger partial charge in [0.15, 0.2) is 0 Å². The number of hydrogen-bond acceptors (Lipinski definition) is 1. The molecule has 2 rings (SSSR count). The summed E-state index contributed by atoms with van der Waals surface area (Å²) in [7, 11) is 0. The molecule has 4 heteroatoms. The average molecular weight is 349 g/mol. The molecule has 1 aromatic carbocycles. The molecule has 1 aromatic rings. The van der Waals surface area contributed by atoms with Crippen LogP contribution >= 0.6 is 22.9 Å². The Morgan fingerprint density at radius 3 is 2.47 bits per heavy atom. The predicted octanol–water partition coefficient (Wildman–Crippen LogP) is 4.45. The van der Waals surface area contributed by atoms with Gasteiger partial charge in [-0.2, -0.15) is 8.78 Å². The highest BCUT2D eigenvalue weighted by molar-refractivity contribution is 14.1. The lowest BCUT2D eigenvalue weighted by atomic mass is 10.0. The molecule has 1 unspecified atom stereocenters. The zero-order valence-corrected chi connectivity index (χ0v) is 11.5. The van der Waals surface area contributed by atoms with Crippen LogP contribution in [0.15, 0.2) is 36.9 Å². The van der Waals surface area contributed by atoms with Crippen LogP contribution in [0, 0.1) is 0 Å². The first-order valence-corrected chi connectivity index (χ1v) is 6.55. The van der Waals surface area contributed by atoms with Gasteiger partial charge < -0.3 is 0 Å². The number of halogens is 3. The van der Waals surface area contributed by atoms with Gasteiger partial charge in [-0.1, -0.05) is 30.8 Å².